The Balaban J connectivity index is 1.54. The van der Waals surface area contributed by atoms with E-state index in [1.807, 2.05) is 24.3 Å². The smallest absolute Gasteiger partial charge is 0.247 e. The first-order chi connectivity index (χ1) is 19.1. The number of fused-ring (bicyclic) bond motifs is 1. The Morgan fingerprint density at radius 2 is 1.90 bits per heavy atom. The second-order valence-electron chi connectivity index (χ2n) is 10.3. The van der Waals surface area contributed by atoms with Gasteiger partial charge in [0.15, 0.2) is 0 Å². The molecule has 208 valence electrons. The molecule has 0 bridgehead atoms. The summed E-state index contributed by atoms with van der Waals surface area (Å²) in [6.07, 6.45) is 6.77. The Morgan fingerprint density at radius 1 is 1.08 bits per heavy atom. The number of benzene rings is 2. The lowest BCUT2D eigenvalue weighted by Gasteiger charge is -2.35. The van der Waals surface area contributed by atoms with Gasteiger partial charge < -0.3 is 24.4 Å². The molecule has 1 aromatic heterocycles. The molecule has 0 spiro atoms. The molecule has 2 heterocycles. The Hall–Kier alpha value is -3.66. The molecule has 1 N–H and O–H groups in total. The van der Waals surface area contributed by atoms with Crippen LogP contribution >= 0.6 is 0 Å². The van der Waals surface area contributed by atoms with E-state index in [0.29, 0.717) is 29.2 Å². The number of aromatic nitrogens is 3. The topological polar surface area (TPSA) is 108 Å². The Kier molecular flexibility index (Phi) is 8.61. The number of ether oxygens (including phenoxy) is 3. The minimum absolute atomic E-state index is 0.0628. The van der Waals surface area contributed by atoms with Crippen molar-refractivity contribution >= 4 is 22.8 Å². The number of carbonyl (C=O) groups is 2. The molecular weight excluding hydrogens is 498 g/mol. The van der Waals surface area contributed by atoms with E-state index in [-0.39, 0.29) is 37.0 Å². The fourth-order valence-electron chi connectivity index (χ4n) is 5.64. The summed E-state index contributed by atoms with van der Waals surface area (Å²) < 4.78 is 18.7. The zero-order chi connectivity index (χ0) is 27.2. The van der Waals surface area contributed by atoms with E-state index in [0.717, 1.165) is 44.0 Å². The minimum Gasteiger partial charge on any atom is -0.497 e. The SMILES string of the molecule is COc1ccc(OC)c(C(C(=O)NC2CCCCC2)N(CC2CCCO2)C(=O)Cn2nnc3ccccc32)c1. The zero-order valence-electron chi connectivity index (χ0n) is 22.7. The molecule has 2 amide bonds. The summed E-state index contributed by atoms with van der Waals surface area (Å²) >= 11 is 0. The van der Waals surface area contributed by atoms with Gasteiger partial charge in [-0.15, -0.1) is 5.10 Å². The molecule has 1 saturated heterocycles. The Bertz CT molecular complexity index is 1280. The van der Waals surface area contributed by atoms with Gasteiger partial charge >= 0.3 is 0 Å². The number of nitrogens with one attached hydrogen (secondary N) is 1. The fourth-order valence-corrected chi connectivity index (χ4v) is 5.64. The number of para-hydroxylation sites is 1. The molecule has 39 heavy (non-hydrogen) atoms. The minimum atomic E-state index is -0.941. The van der Waals surface area contributed by atoms with Crippen molar-refractivity contribution in [3.05, 3.63) is 48.0 Å². The second kappa shape index (κ2) is 12.5. The van der Waals surface area contributed by atoms with Crippen LogP contribution in [0.3, 0.4) is 0 Å². The molecule has 5 rings (SSSR count). The third kappa shape index (κ3) is 6.16. The molecule has 2 fully saturated rings. The molecule has 0 radical (unpaired) electrons. The van der Waals surface area contributed by atoms with Crippen molar-refractivity contribution in [1.29, 1.82) is 0 Å². The molecule has 1 aliphatic carbocycles. The molecular formula is C29H37N5O5. The van der Waals surface area contributed by atoms with Gasteiger partial charge in [0.05, 0.1) is 25.8 Å². The lowest BCUT2D eigenvalue weighted by atomic mass is 9.94. The summed E-state index contributed by atoms with van der Waals surface area (Å²) in [6.45, 7) is 0.850. The first-order valence-corrected chi connectivity index (χ1v) is 13.8. The van der Waals surface area contributed by atoms with Gasteiger partial charge in [-0.1, -0.05) is 36.6 Å². The van der Waals surface area contributed by atoms with Crippen molar-refractivity contribution in [3.63, 3.8) is 0 Å². The molecule has 10 heteroatoms. The number of methoxy groups -OCH3 is 2. The van der Waals surface area contributed by atoms with Crippen LogP contribution in [0.4, 0.5) is 0 Å². The van der Waals surface area contributed by atoms with Crippen LogP contribution in [0.25, 0.3) is 11.0 Å². The van der Waals surface area contributed by atoms with Crippen molar-refractivity contribution in [2.75, 3.05) is 27.4 Å². The van der Waals surface area contributed by atoms with Gasteiger partial charge in [0, 0.05) is 24.8 Å². The highest BCUT2D eigenvalue weighted by Crippen LogP contribution is 2.35. The van der Waals surface area contributed by atoms with E-state index in [1.165, 1.54) is 6.42 Å². The number of hydrogen-bond acceptors (Lipinski definition) is 7. The van der Waals surface area contributed by atoms with Crippen molar-refractivity contribution < 1.29 is 23.8 Å². The normalized spacial score (nSPS) is 18.6. The lowest BCUT2D eigenvalue weighted by molar-refractivity contribution is -0.143. The average molecular weight is 536 g/mol. The molecule has 2 aliphatic rings. The highest BCUT2D eigenvalue weighted by molar-refractivity contribution is 5.90. The van der Waals surface area contributed by atoms with Crippen LogP contribution in [0, 0.1) is 0 Å². The monoisotopic (exact) mass is 535 g/mol. The van der Waals surface area contributed by atoms with Crippen LogP contribution < -0.4 is 14.8 Å². The standard InChI is InChI=1S/C29H37N5O5/c1-37-21-14-15-26(38-2)23(17-21)28(29(36)30-20-9-4-3-5-10-20)33(18-22-11-8-16-39-22)27(35)19-34-25-13-7-6-12-24(25)31-32-34/h6-7,12-15,17,20,22,28H,3-5,8-11,16,18-19H2,1-2H3,(H,30,36). The van der Waals surface area contributed by atoms with E-state index in [9.17, 15) is 9.59 Å². The van der Waals surface area contributed by atoms with Crippen LogP contribution in [0.15, 0.2) is 42.5 Å². The van der Waals surface area contributed by atoms with Crippen molar-refractivity contribution in [2.45, 2.75) is 69.7 Å². The highest BCUT2D eigenvalue weighted by atomic mass is 16.5. The van der Waals surface area contributed by atoms with Gasteiger partial charge in [-0.25, -0.2) is 4.68 Å². The van der Waals surface area contributed by atoms with Crippen molar-refractivity contribution in [2.24, 2.45) is 0 Å². The number of hydrogen-bond donors (Lipinski definition) is 1. The van der Waals surface area contributed by atoms with Gasteiger partial charge in [0.25, 0.3) is 0 Å². The second-order valence-corrected chi connectivity index (χ2v) is 10.3. The van der Waals surface area contributed by atoms with E-state index < -0.39 is 6.04 Å². The average Bonchev–Trinajstić information content (AvgIpc) is 3.63. The van der Waals surface area contributed by atoms with Gasteiger partial charge in [-0.2, -0.15) is 0 Å². The van der Waals surface area contributed by atoms with Crippen molar-refractivity contribution in [3.8, 4) is 11.5 Å². The summed E-state index contributed by atoms with van der Waals surface area (Å²) in [5.41, 5.74) is 2.03. The summed E-state index contributed by atoms with van der Waals surface area (Å²) in [7, 11) is 3.14. The Morgan fingerprint density at radius 3 is 2.64 bits per heavy atom. The summed E-state index contributed by atoms with van der Waals surface area (Å²) in [5.74, 6) is 0.599. The zero-order valence-corrected chi connectivity index (χ0v) is 22.7. The number of nitrogens with zero attached hydrogens (tertiary/aromatic N) is 4. The lowest BCUT2D eigenvalue weighted by Crippen LogP contribution is -2.50. The van der Waals surface area contributed by atoms with Crippen LogP contribution in [0.5, 0.6) is 11.5 Å². The fraction of sp³-hybridized carbons (Fsp3) is 0.517. The molecule has 2 atom stereocenters. The summed E-state index contributed by atoms with van der Waals surface area (Å²) in [5, 5.41) is 11.7. The third-order valence-electron chi connectivity index (χ3n) is 7.69. The summed E-state index contributed by atoms with van der Waals surface area (Å²) in [4.78, 5) is 29.9. The molecule has 10 nitrogen and oxygen atoms in total. The van der Waals surface area contributed by atoms with Gasteiger partial charge in [-0.3, -0.25) is 9.59 Å². The molecule has 1 saturated carbocycles. The first-order valence-electron chi connectivity index (χ1n) is 13.8. The van der Waals surface area contributed by atoms with Crippen molar-refractivity contribution in [1.82, 2.24) is 25.2 Å². The molecule has 3 aromatic rings. The molecule has 2 unspecified atom stereocenters. The number of rotatable bonds is 10. The maximum Gasteiger partial charge on any atom is 0.247 e. The maximum atomic E-state index is 14.1. The maximum absolute atomic E-state index is 14.1. The highest BCUT2D eigenvalue weighted by Gasteiger charge is 2.37. The largest absolute Gasteiger partial charge is 0.497 e. The number of carbonyl (C=O) groups excluding carboxylic acids is 2. The van der Waals surface area contributed by atoms with Gasteiger partial charge in [-0.05, 0) is 56.0 Å². The number of amides is 2. The Labute approximate surface area is 228 Å². The predicted octanol–water partition coefficient (Wildman–Crippen LogP) is 3.65. The van der Waals surface area contributed by atoms with Crippen LogP contribution in [-0.2, 0) is 20.9 Å². The van der Waals surface area contributed by atoms with Gasteiger partial charge in [0.2, 0.25) is 11.8 Å². The first kappa shape index (κ1) is 26.9. The van der Waals surface area contributed by atoms with Crippen LogP contribution in [0.1, 0.15) is 56.6 Å². The van der Waals surface area contributed by atoms with E-state index in [4.69, 9.17) is 14.2 Å². The third-order valence-corrected chi connectivity index (χ3v) is 7.69. The van der Waals surface area contributed by atoms with E-state index in [1.54, 1.807) is 42.0 Å². The summed E-state index contributed by atoms with van der Waals surface area (Å²) in [6, 6.07) is 12.0. The van der Waals surface area contributed by atoms with E-state index >= 15 is 0 Å². The predicted molar refractivity (Wildman–Crippen MR) is 146 cm³/mol. The van der Waals surface area contributed by atoms with E-state index in [2.05, 4.69) is 15.6 Å². The van der Waals surface area contributed by atoms with Crippen LogP contribution in [-0.4, -0.2) is 71.2 Å². The van der Waals surface area contributed by atoms with Gasteiger partial charge in [0.1, 0.15) is 29.6 Å². The quantitative estimate of drug-likeness (QED) is 0.422. The molecule has 1 aliphatic heterocycles. The molecule has 2 aromatic carbocycles. The van der Waals surface area contributed by atoms with Crippen LogP contribution in [0.2, 0.25) is 0 Å².